The maximum absolute atomic E-state index is 13.0. The van der Waals surface area contributed by atoms with Crippen LogP contribution in [0.3, 0.4) is 0 Å². The monoisotopic (exact) mass is 200 g/mol. The van der Waals surface area contributed by atoms with Gasteiger partial charge in [0.1, 0.15) is 6.07 Å². The fourth-order valence-corrected chi connectivity index (χ4v) is 0.956. The zero-order chi connectivity index (χ0) is 10.0. The largest absolute Gasteiger partial charge is 0.290 e. The minimum Gasteiger partial charge on any atom is -0.258 e. The molecule has 1 rings (SSSR count). The van der Waals surface area contributed by atoms with Gasteiger partial charge in [0.25, 0.3) is 5.69 Å². The highest BCUT2D eigenvalue weighted by Crippen LogP contribution is 2.25. The number of halogens is 2. The summed E-state index contributed by atoms with van der Waals surface area (Å²) in [5.74, 6) is -1.06. The number of nitriles is 1. The van der Waals surface area contributed by atoms with Gasteiger partial charge in [-0.3, -0.25) is 10.1 Å². The van der Waals surface area contributed by atoms with Crippen LogP contribution >= 0.6 is 11.6 Å². The van der Waals surface area contributed by atoms with E-state index in [1.165, 1.54) is 6.07 Å². The molecule has 13 heavy (non-hydrogen) atoms. The Hall–Kier alpha value is -1.67. The van der Waals surface area contributed by atoms with Crippen LogP contribution in [0.2, 0.25) is 5.02 Å². The topological polar surface area (TPSA) is 66.9 Å². The Morgan fingerprint density at radius 2 is 2.23 bits per heavy atom. The number of nitro benzene ring substituents is 1. The molecule has 0 bridgehead atoms. The molecule has 6 heteroatoms. The average molecular weight is 201 g/mol. The van der Waals surface area contributed by atoms with E-state index in [4.69, 9.17) is 16.9 Å². The maximum Gasteiger partial charge on any atom is 0.290 e. The SMILES string of the molecule is N#Cc1c([N+](=O)[O-])ccc(Cl)c1F. The molecule has 0 heterocycles. The van der Waals surface area contributed by atoms with Crippen LogP contribution in [0, 0.1) is 27.3 Å². The molecule has 0 aliphatic heterocycles. The normalized spacial score (nSPS) is 9.31. The predicted molar refractivity (Wildman–Crippen MR) is 42.8 cm³/mol. The second-order valence-corrected chi connectivity index (χ2v) is 2.53. The summed E-state index contributed by atoms with van der Waals surface area (Å²) in [5, 5.41) is 18.4. The van der Waals surface area contributed by atoms with E-state index in [-0.39, 0.29) is 5.02 Å². The van der Waals surface area contributed by atoms with Crippen molar-refractivity contribution in [2.75, 3.05) is 0 Å². The first kappa shape index (κ1) is 9.42. The van der Waals surface area contributed by atoms with Crippen LogP contribution in [-0.2, 0) is 0 Å². The van der Waals surface area contributed by atoms with E-state index in [0.29, 0.717) is 0 Å². The van der Waals surface area contributed by atoms with Crippen LogP contribution in [0.4, 0.5) is 10.1 Å². The Balaban J connectivity index is 3.50. The number of rotatable bonds is 1. The quantitative estimate of drug-likeness (QED) is 0.516. The van der Waals surface area contributed by atoms with Gasteiger partial charge in [0.15, 0.2) is 11.4 Å². The van der Waals surface area contributed by atoms with Gasteiger partial charge in [-0.2, -0.15) is 5.26 Å². The molecule has 0 saturated heterocycles. The first-order valence-electron chi connectivity index (χ1n) is 3.10. The van der Waals surface area contributed by atoms with Gasteiger partial charge in [-0.1, -0.05) is 11.6 Å². The van der Waals surface area contributed by atoms with Crippen molar-refractivity contribution in [2.45, 2.75) is 0 Å². The molecule has 4 nitrogen and oxygen atoms in total. The van der Waals surface area contributed by atoms with Crippen LogP contribution in [0.15, 0.2) is 12.1 Å². The number of hydrogen-bond acceptors (Lipinski definition) is 3. The Bertz CT molecular complexity index is 414. The second-order valence-electron chi connectivity index (χ2n) is 2.12. The fraction of sp³-hybridized carbons (Fsp3) is 0. The molecule has 0 aliphatic rings. The van der Waals surface area contributed by atoms with Crippen LogP contribution in [0.1, 0.15) is 5.56 Å². The third kappa shape index (κ3) is 1.58. The lowest BCUT2D eigenvalue weighted by molar-refractivity contribution is -0.385. The van der Waals surface area contributed by atoms with Crippen molar-refractivity contribution < 1.29 is 9.31 Å². The molecular weight excluding hydrogens is 199 g/mol. The van der Waals surface area contributed by atoms with Gasteiger partial charge >= 0.3 is 0 Å². The zero-order valence-electron chi connectivity index (χ0n) is 6.12. The lowest BCUT2D eigenvalue weighted by atomic mass is 10.2. The van der Waals surface area contributed by atoms with Gasteiger partial charge in [-0.15, -0.1) is 0 Å². The third-order valence-electron chi connectivity index (χ3n) is 1.38. The molecular formula is C7H2ClFN2O2. The number of nitro groups is 1. The van der Waals surface area contributed by atoms with Crippen molar-refractivity contribution in [1.82, 2.24) is 0 Å². The van der Waals surface area contributed by atoms with Gasteiger partial charge in [0, 0.05) is 6.07 Å². The van der Waals surface area contributed by atoms with Crippen LogP contribution in [0.25, 0.3) is 0 Å². The Labute approximate surface area is 77.3 Å². The standard InChI is InChI=1S/C7H2ClFN2O2/c8-5-1-2-6(11(12)13)4(3-10)7(5)9/h1-2H. The molecule has 0 radical (unpaired) electrons. The van der Waals surface area contributed by atoms with Gasteiger partial charge in [0.05, 0.1) is 9.95 Å². The molecule has 1 aromatic carbocycles. The summed E-state index contributed by atoms with van der Waals surface area (Å²) in [7, 11) is 0. The summed E-state index contributed by atoms with van der Waals surface area (Å²) >= 11 is 5.32. The molecule has 0 spiro atoms. The summed E-state index contributed by atoms with van der Waals surface area (Å²) < 4.78 is 13.0. The number of hydrogen-bond donors (Lipinski definition) is 0. The van der Waals surface area contributed by atoms with E-state index in [1.807, 2.05) is 0 Å². The van der Waals surface area contributed by atoms with Crippen LogP contribution < -0.4 is 0 Å². The first-order valence-corrected chi connectivity index (χ1v) is 3.48. The Kier molecular flexibility index (Phi) is 2.44. The number of nitrogens with zero attached hydrogens (tertiary/aromatic N) is 2. The molecule has 0 atom stereocenters. The molecule has 0 aromatic heterocycles. The van der Waals surface area contributed by atoms with Gasteiger partial charge < -0.3 is 0 Å². The van der Waals surface area contributed by atoms with Crippen molar-refractivity contribution in [1.29, 1.82) is 5.26 Å². The van der Waals surface area contributed by atoms with Crippen molar-refractivity contribution in [2.24, 2.45) is 0 Å². The van der Waals surface area contributed by atoms with Crippen molar-refractivity contribution in [3.8, 4) is 6.07 Å². The second kappa shape index (κ2) is 3.37. The highest BCUT2D eigenvalue weighted by Gasteiger charge is 2.19. The molecule has 0 N–H and O–H groups in total. The van der Waals surface area contributed by atoms with Gasteiger partial charge in [-0.25, -0.2) is 4.39 Å². The highest BCUT2D eigenvalue weighted by atomic mass is 35.5. The van der Waals surface area contributed by atoms with E-state index in [0.717, 1.165) is 12.1 Å². The predicted octanol–water partition coefficient (Wildman–Crippen LogP) is 2.26. The summed E-state index contributed by atoms with van der Waals surface area (Å²) in [6, 6.07) is 3.41. The van der Waals surface area contributed by atoms with Crippen LogP contribution in [0.5, 0.6) is 0 Å². The molecule has 0 amide bonds. The third-order valence-corrected chi connectivity index (χ3v) is 1.67. The van der Waals surface area contributed by atoms with Crippen molar-refractivity contribution >= 4 is 17.3 Å². The van der Waals surface area contributed by atoms with E-state index in [9.17, 15) is 14.5 Å². The van der Waals surface area contributed by atoms with E-state index < -0.39 is 22.0 Å². The van der Waals surface area contributed by atoms with Gasteiger partial charge in [-0.05, 0) is 6.07 Å². The first-order chi connectivity index (χ1) is 6.07. The molecule has 0 unspecified atom stereocenters. The lowest BCUT2D eigenvalue weighted by Gasteiger charge is -1.97. The molecule has 1 aromatic rings. The van der Waals surface area contributed by atoms with Crippen molar-refractivity contribution in [3.63, 3.8) is 0 Å². The van der Waals surface area contributed by atoms with Crippen molar-refractivity contribution in [3.05, 3.63) is 38.7 Å². The molecule has 0 saturated carbocycles. The zero-order valence-corrected chi connectivity index (χ0v) is 6.88. The molecule has 66 valence electrons. The summed E-state index contributed by atoms with van der Waals surface area (Å²) in [5.41, 5.74) is -1.22. The molecule has 0 fully saturated rings. The summed E-state index contributed by atoms with van der Waals surface area (Å²) in [4.78, 5) is 9.45. The van der Waals surface area contributed by atoms with E-state index in [1.54, 1.807) is 0 Å². The van der Waals surface area contributed by atoms with Gasteiger partial charge in [0.2, 0.25) is 0 Å². The number of benzene rings is 1. The van der Waals surface area contributed by atoms with E-state index >= 15 is 0 Å². The lowest BCUT2D eigenvalue weighted by Crippen LogP contribution is -1.95. The molecule has 0 aliphatic carbocycles. The average Bonchev–Trinajstić information content (AvgIpc) is 2.09. The van der Waals surface area contributed by atoms with Crippen LogP contribution in [-0.4, -0.2) is 4.92 Å². The Morgan fingerprint density at radius 3 is 2.69 bits per heavy atom. The Morgan fingerprint density at radius 1 is 1.62 bits per heavy atom. The maximum atomic E-state index is 13.0. The van der Waals surface area contributed by atoms with E-state index in [2.05, 4.69) is 0 Å². The minimum atomic E-state index is -1.06. The highest BCUT2D eigenvalue weighted by molar-refractivity contribution is 6.30. The summed E-state index contributed by atoms with van der Waals surface area (Å²) in [6.07, 6.45) is 0. The summed E-state index contributed by atoms with van der Waals surface area (Å²) in [6.45, 7) is 0. The smallest absolute Gasteiger partial charge is 0.258 e. The fourth-order valence-electron chi connectivity index (χ4n) is 0.799. The minimum absolute atomic E-state index is 0.304.